The lowest BCUT2D eigenvalue weighted by Crippen LogP contribution is -2.39. The second-order valence-corrected chi connectivity index (χ2v) is 5.73. The number of nitrogens with one attached hydrogen (secondary N) is 1. The van der Waals surface area contributed by atoms with Gasteiger partial charge in [0, 0.05) is 0 Å². The molecule has 0 aromatic heterocycles. The highest BCUT2D eigenvalue weighted by atomic mass is 16.5. The van der Waals surface area contributed by atoms with Gasteiger partial charge in [0.1, 0.15) is 18.4 Å². The molecule has 0 aliphatic heterocycles. The van der Waals surface area contributed by atoms with Crippen molar-refractivity contribution < 1.29 is 19.4 Å². The molecule has 2 aromatic rings. The number of hydrogen-bond acceptors (Lipinski definition) is 3. The van der Waals surface area contributed by atoms with Crippen LogP contribution in [0.1, 0.15) is 23.6 Å². The summed E-state index contributed by atoms with van der Waals surface area (Å²) in [6.07, 6.45) is 0.110. The lowest BCUT2D eigenvalue weighted by atomic mass is 10.1. The summed E-state index contributed by atoms with van der Waals surface area (Å²) in [7, 11) is 0. The summed E-state index contributed by atoms with van der Waals surface area (Å²) in [5, 5.41) is 11.2. The number of carboxylic acids is 1. The molecule has 0 bridgehead atoms. The first-order valence-electron chi connectivity index (χ1n) is 7.73. The van der Waals surface area contributed by atoms with Crippen molar-refractivity contribution in [3.8, 4) is 5.75 Å². The van der Waals surface area contributed by atoms with E-state index in [1.807, 2.05) is 43.3 Å². The van der Waals surface area contributed by atoms with Crippen molar-refractivity contribution >= 4 is 11.9 Å². The molecule has 1 atom stereocenters. The van der Waals surface area contributed by atoms with Crippen molar-refractivity contribution in [2.45, 2.75) is 32.9 Å². The molecule has 5 heteroatoms. The van der Waals surface area contributed by atoms with Crippen LogP contribution in [0.5, 0.6) is 5.75 Å². The fraction of sp³-hybridized carbons (Fsp3) is 0.263. The minimum Gasteiger partial charge on any atom is -0.489 e. The summed E-state index contributed by atoms with van der Waals surface area (Å²) in [5.74, 6) is -0.715. The van der Waals surface area contributed by atoms with Crippen LogP contribution in [0.15, 0.2) is 48.5 Å². The molecule has 24 heavy (non-hydrogen) atoms. The van der Waals surface area contributed by atoms with Gasteiger partial charge in [-0.25, -0.2) is 0 Å². The fourth-order valence-electron chi connectivity index (χ4n) is 2.25. The van der Waals surface area contributed by atoms with Gasteiger partial charge in [-0.2, -0.15) is 0 Å². The second-order valence-electron chi connectivity index (χ2n) is 5.73. The summed E-state index contributed by atoms with van der Waals surface area (Å²) in [4.78, 5) is 22.6. The number of amides is 1. The molecule has 0 heterocycles. The average molecular weight is 327 g/mol. The Morgan fingerprint density at radius 1 is 1.12 bits per heavy atom. The van der Waals surface area contributed by atoms with Gasteiger partial charge >= 0.3 is 5.97 Å². The maximum Gasteiger partial charge on any atom is 0.325 e. The molecule has 0 aliphatic rings. The summed E-state index contributed by atoms with van der Waals surface area (Å²) in [6, 6.07) is 14.4. The molecule has 0 unspecified atom stereocenters. The van der Waals surface area contributed by atoms with Crippen LogP contribution in [0.4, 0.5) is 0 Å². The number of ether oxygens (including phenoxy) is 1. The smallest absolute Gasteiger partial charge is 0.325 e. The van der Waals surface area contributed by atoms with Crippen LogP contribution >= 0.6 is 0 Å². The zero-order valence-electron chi connectivity index (χ0n) is 13.8. The SMILES string of the molecule is Cc1cccc(COc2cccc(CC(=O)N[C@H](C)C(=O)O)c2)c1. The van der Waals surface area contributed by atoms with E-state index in [1.165, 1.54) is 12.5 Å². The average Bonchev–Trinajstić information content (AvgIpc) is 2.53. The highest BCUT2D eigenvalue weighted by Gasteiger charge is 2.14. The zero-order chi connectivity index (χ0) is 17.5. The molecule has 0 saturated carbocycles. The van der Waals surface area contributed by atoms with Gasteiger partial charge in [-0.3, -0.25) is 9.59 Å². The van der Waals surface area contributed by atoms with Gasteiger partial charge in [0.15, 0.2) is 0 Å². The minimum absolute atomic E-state index is 0.110. The first-order valence-corrected chi connectivity index (χ1v) is 7.73. The molecule has 0 saturated heterocycles. The zero-order valence-corrected chi connectivity index (χ0v) is 13.8. The molecule has 2 aromatic carbocycles. The van der Waals surface area contributed by atoms with E-state index in [-0.39, 0.29) is 12.3 Å². The van der Waals surface area contributed by atoms with Gasteiger partial charge in [0.25, 0.3) is 0 Å². The summed E-state index contributed by atoms with van der Waals surface area (Å²) in [5.41, 5.74) is 3.02. The quantitative estimate of drug-likeness (QED) is 0.820. The number of carboxylic acid groups (broad SMARTS) is 1. The lowest BCUT2D eigenvalue weighted by molar-refractivity contribution is -0.141. The van der Waals surface area contributed by atoms with E-state index < -0.39 is 12.0 Å². The highest BCUT2D eigenvalue weighted by Crippen LogP contribution is 2.16. The van der Waals surface area contributed by atoms with Crippen LogP contribution in [0, 0.1) is 6.92 Å². The Morgan fingerprint density at radius 2 is 1.83 bits per heavy atom. The van der Waals surface area contributed by atoms with Crippen LogP contribution in [-0.4, -0.2) is 23.0 Å². The Bertz CT molecular complexity index is 727. The summed E-state index contributed by atoms with van der Waals surface area (Å²) in [6.45, 7) is 3.91. The number of hydrogen-bond donors (Lipinski definition) is 2. The third kappa shape index (κ3) is 5.43. The Labute approximate surface area is 141 Å². The molecule has 0 aliphatic carbocycles. The molecular weight excluding hydrogens is 306 g/mol. The Balaban J connectivity index is 1.93. The Hall–Kier alpha value is -2.82. The maximum absolute atomic E-state index is 11.8. The van der Waals surface area contributed by atoms with Gasteiger partial charge in [-0.1, -0.05) is 42.0 Å². The number of aliphatic carboxylic acids is 1. The van der Waals surface area contributed by atoms with E-state index in [1.54, 1.807) is 6.07 Å². The summed E-state index contributed by atoms with van der Waals surface area (Å²) < 4.78 is 5.76. The van der Waals surface area contributed by atoms with E-state index in [0.717, 1.165) is 11.1 Å². The number of rotatable bonds is 7. The Morgan fingerprint density at radius 3 is 2.54 bits per heavy atom. The number of aryl methyl sites for hydroxylation is 1. The van der Waals surface area contributed by atoms with Crippen molar-refractivity contribution in [3.63, 3.8) is 0 Å². The normalized spacial score (nSPS) is 11.6. The molecular formula is C19H21NO4. The van der Waals surface area contributed by atoms with Crippen molar-refractivity contribution in [1.82, 2.24) is 5.32 Å². The molecule has 2 rings (SSSR count). The lowest BCUT2D eigenvalue weighted by Gasteiger charge is -2.11. The van der Waals surface area contributed by atoms with E-state index in [9.17, 15) is 9.59 Å². The third-order valence-electron chi connectivity index (χ3n) is 3.50. The van der Waals surface area contributed by atoms with E-state index in [2.05, 4.69) is 11.4 Å². The molecule has 0 radical (unpaired) electrons. The largest absolute Gasteiger partial charge is 0.489 e. The van der Waals surface area contributed by atoms with Crippen molar-refractivity contribution in [2.75, 3.05) is 0 Å². The van der Waals surface area contributed by atoms with E-state index >= 15 is 0 Å². The van der Waals surface area contributed by atoms with Gasteiger partial charge in [-0.15, -0.1) is 0 Å². The van der Waals surface area contributed by atoms with Crippen LogP contribution in [0.2, 0.25) is 0 Å². The van der Waals surface area contributed by atoms with E-state index in [4.69, 9.17) is 9.84 Å². The molecule has 5 nitrogen and oxygen atoms in total. The second kappa shape index (κ2) is 8.15. The predicted molar refractivity (Wildman–Crippen MR) is 90.9 cm³/mol. The van der Waals surface area contributed by atoms with Gasteiger partial charge in [-0.05, 0) is 37.1 Å². The molecule has 2 N–H and O–H groups in total. The number of carbonyl (C=O) groups is 2. The maximum atomic E-state index is 11.8. The van der Waals surface area contributed by atoms with Crippen LogP contribution in [0.3, 0.4) is 0 Å². The van der Waals surface area contributed by atoms with Crippen LogP contribution < -0.4 is 10.1 Å². The van der Waals surface area contributed by atoms with E-state index in [0.29, 0.717) is 12.4 Å². The van der Waals surface area contributed by atoms with Gasteiger partial charge in [0.05, 0.1) is 6.42 Å². The monoisotopic (exact) mass is 327 g/mol. The summed E-state index contributed by atoms with van der Waals surface area (Å²) >= 11 is 0. The first kappa shape index (κ1) is 17.5. The number of carbonyl (C=O) groups excluding carboxylic acids is 1. The molecule has 0 fully saturated rings. The molecule has 1 amide bonds. The highest BCUT2D eigenvalue weighted by molar-refractivity contribution is 5.84. The molecule has 0 spiro atoms. The first-order chi connectivity index (χ1) is 11.4. The topological polar surface area (TPSA) is 75.6 Å². The molecule has 126 valence electrons. The fourth-order valence-corrected chi connectivity index (χ4v) is 2.25. The Kier molecular flexibility index (Phi) is 5.95. The number of benzene rings is 2. The standard InChI is InChI=1S/C19H21NO4/c1-13-5-3-7-16(9-13)12-24-17-8-4-6-15(10-17)11-18(21)20-14(2)19(22)23/h3-10,14H,11-12H2,1-2H3,(H,20,21)(H,22,23)/t14-/m1/s1. The minimum atomic E-state index is -1.06. The van der Waals surface area contributed by atoms with Crippen LogP contribution in [-0.2, 0) is 22.6 Å². The third-order valence-corrected chi connectivity index (χ3v) is 3.50. The van der Waals surface area contributed by atoms with Gasteiger partial charge in [0.2, 0.25) is 5.91 Å². The van der Waals surface area contributed by atoms with Crippen molar-refractivity contribution in [2.24, 2.45) is 0 Å². The van der Waals surface area contributed by atoms with Crippen LogP contribution in [0.25, 0.3) is 0 Å². The van der Waals surface area contributed by atoms with Gasteiger partial charge < -0.3 is 15.2 Å². The van der Waals surface area contributed by atoms with Crippen molar-refractivity contribution in [3.05, 3.63) is 65.2 Å². The predicted octanol–water partition coefficient (Wildman–Crippen LogP) is 2.71. The van der Waals surface area contributed by atoms with Crippen molar-refractivity contribution in [1.29, 1.82) is 0 Å².